The molecular weight excluding hydrogens is 224 g/mol. The van der Waals surface area contributed by atoms with Crippen LogP contribution < -0.4 is 10.6 Å². The average molecular weight is 254 g/mol. The highest BCUT2D eigenvalue weighted by Crippen LogP contribution is 2.27. The Labute approximate surface area is 112 Å². The summed E-state index contributed by atoms with van der Waals surface area (Å²) in [5.41, 5.74) is -0.424. The van der Waals surface area contributed by atoms with Gasteiger partial charge in [0.25, 0.3) is 0 Å². The molecular formula is C15H30N2O. The van der Waals surface area contributed by atoms with Crippen molar-refractivity contribution in [3.8, 4) is 0 Å². The summed E-state index contributed by atoms with van der Waals surface area (Å²) in [5.74, 6) is 0. The number of piperidine rings is 1. The van der Waals surface area contributed by atoms with E-state index in [0.29, 0.717) is 12.1 Å². The van der Waals surface area contributed by atoms with Gasteiger partial charge in [0.1, 0.15) is 0 Å². The van der Waals surface area contributed by atoms with Crippen LogP contribution >= 0.6 is 0 Å². The summed E-state index contributed by atoms with van der Waals surface area (Å²) in [6, 6.07) is 1.19. The minimum atomic E-state index is -0.424. The summed E-state index contributed by atoms with van der Waals surface area (Å²) in [7, 11) is 0. The molecule has 3 N–H and O–H groups in total. The lowest BCUT2D eigenvalue weighted by molar-refractivity contribution is 0.00257. The summed E-state index contributed by atoms with van der Waals surface area (Å²) >= 11 is 0. The standard InChI is InChI=1S/C15H30N2O/c1-13(11-14-7-3-6-10-16-14)17-12-15(18)8-4-2-5-9-15/h13-14,16-18H,2-12H2,1H3. The Morgan fingerprint density at radius 3 is 2.67 bits per heavy atom. The third-order valence-electron chi connectivity index (χ3n) is 4.61. The van der Waals surface area contributed by atoms with Crippen LogP contribution in [0.3, 0.4) is 0 Å². The van der Waals surface area contributed by atoms with E-state index in [-0.39, 0.29) is 0 Å². The van der Waals surface area contributed by atoms with Crippen molar-refractivity contribution in [2.75, 3.05) is 13.1 Å². The minimum Gasteiger partial charge on any atom is -0.389 e. The highest BCUT2D eigenvalue weighted by atomic mass is 16.3. The number of nitrogens with one attached hydrogen (secondary N) is 2. The van der Waals surface area contributed by atoms with Crippen molar-refractivity contribution in [1.82, 2.24) is 10.6 Å². The van der Waals surface area contributed by atoms with Crippen molar-refractivity contribution < 1.29 is 5.11 Å². The van der Waals surface area contributed by atoms with Gasteiger partial charge < -0.3 is 15.7 Å². The highest BCUT2D eigenvalue weighted by molar-refractivity contribution is 4.86. The second kappa shape index (κ2) is 6.88. The molecule has 1 aliphatic carbocycles. The van der Waals surface area contributed by atoms with E-state index in [4.69, 9.17) is 0 Å². The number of rotatable bonds is 5. The van der Waals surface area contributed by atoms with Crippen molar-refractivity contribution in [1.29, 1.82) is 0 Å². The van der Waals surface area contributed by atoms with Gasteiger partial charge in [0.15, 0.2) is 0 Å². The molecule has 3 nitrogen and oxygen atoms in total. The fourth-order valence-corrected chi connectivity index (χ4v) is 3.39. The minimum absolute atomic E-state index is 0.424. The van der Waals surface area contributed by atoms with Crippen molar-refractivity contribution in [2.24, 2.45) is 0 Å². The molecule has 1 saturated carbocycles. The molecule has 2 unspecified atom stereocenters. The SMILES string of the molecule is CC(CC1CCCCN1)NCC1(O)CCCCC1. The molecule has 1 aliphatic heterocycles. The molecule has 0 bridgehead atoms. The van der Waals surface area contributed by atoms with E-state index >= 15 is 0 Å². The monoisotopic (exact) mass is 254 g/mol. The van der Waals surface area contributed by atoms with E-state index in [1.165, 1.54) is 51.5 Å². The molecule has 0 aromatic rings. The average Bonchev–Trinajstić information content (AvgIpc) is 2.39. The molecule has 3 heteroatoms. The van der Waals surface area contributed by atoms with Crippen LogP contribution in [0.25, 0.3) is 0 Å². The van der Waals surface area contributed by atoms with Crippen LogP contribution in [0.5, 0.6) is 0 Å². The normalized spacial score (nSPS) is 30.0. The van der Waals surface area contributed by atoms with Gasteiger partial charge >= 0.3 is 0 Å². The molecule has 0 spiro atoms. The number of aliphatic hydroxyl groups is 1. The van der Waals surface area contributed by atoms with E-state index in [9.17, 15) is 5.11 Å². The van der Waals surface area contributed by atoms with E-state index in [2.05, 4.69) is 17.6 Å². The molecule has 18 heavy (non-hydrogen) atoms. The lowest BCUT2D eigenvalue weighted by Crippen LogP contribution is -2.47. The molecule has 106 valence electrons. The van der Waals surface area contributed by atoms with E-state index in [1.54, 1.807) is 0 Å². The molecule has 2 rings (SSSR count). The lowest BCUT2D eigenvalue weighted by atomic mass is 9.84. The number of hydrogen-bond acceptors (Lipinski definition) is 3. The van der Waals surface area contributed by atoms with Crippen LogP contribution in [0, 0.1) is 0 Å². The fourth-order valence-electron chi connectivity index (χ4n) is 3.39. The van der Waals surface area contributed by atoms with Gasteiger partial charge in [-0.1, -0.05) is 25.7 Å². The fraction of sp³-hybridized carbons (Fsp3) is 1.00. The Hall–Kier alpha value is -0.120. The molecule has 2 fully saturated rings. The Balaban J connectivity index is 1.65. The van der Waals surface area contributed by atoms with Gasteiger partial charge in [0.05, 0.1) is 5.60 Å². The van der Waals surface area contributed by atoms with E-state index in [1.807, 2.05) is 0 Å². The smallest absolute Gasteiger partial charge is 0.0771 e. The second-order valence-corrected chi connectivity index (χ2v) is 6.45. The first-order valence-corrected chi connectivity index (χ1v) is 7.87. The maximum atomic E-state index is 10.4. The molecule has 2 atom stereocenters. The topological polar surface area (TPSA) is 44.3 Å². The predicted molar refractivity (Wildman–Crippen MR) is 75.8 cm³/mol. The molecule has 0 aromatic heterocycles. The van der Waals surface area contributed by atoms with Crippen molar-refractivity contribution in [2.45, 2.75) is 82.4 Å². The Morgan fingerprint density at radius 1 is 1.22 bits per heavy atom. The maximum absolute atomic E-state index is 10.4. The molecule has 0 amide bonds. The van der Waals surface area contributed by atoms with Crippen LogP contribution in [0.4, 0.5) is 0 Å². The van der Waals surface area contributed by atoms with Crippen LogP contribution in [-0.2, 0) is 0 Å². The quantitative estimate of drug-likeness (QED) is 0.705. The van der Waals surface area contributed by atoms with E-state index in [0.717, 1.165) is 19.4 Å². The molecule has 2 aliphatic rings. The first-order chi connectivity index (χ1) is 8.68. The van der Waals surface area contributed by atoms with Crippen molar-refractivity contribution in [3.05, 3.63) is 0 Å². The van der Waals surface area contributed by atoms with Crippen molar-refractivity contribution >= 4 is 0 Å². The Morgan fingerprint density at radius 2 is 2.00 bits per heavy atom. The van der Waals surface area contributed by atoms with Crippen LogP contribution in [0.1, 0.15) is 64.7 Å². The van der Waals surface area contributed by atoms with Crippen molar-refractivity contribution in [3.63, 3.8) is 0 Å². The summed E-state index contributed by atoms with van der Waals surface area (Å²) in [4.78, 5) is 0. The molecule has 1 heterocycles. The van der Waals surface area contributed by atoms with Gasteiger partial charge in [-0.2, -0.15) is 0 Å². The van der Waals surface area contributed by atoms with Gasteiger partial charge in [-0.05, 0) is 45.6 Å². The summed E-state index contributed by atoms with van der Waals surface area (Å²) in [6.07, 6.45) is 10.8. The first kappa shape index (κ1) is 14.3. The predicted octanol–water partition coefficient (Wildman–Crippen LogP) is 2.19. The van der Waals surface area contributed by atoms with E-state index < -0.39 is 5.60 Å². The zero-order chi connectivity index (χ0) is 12.8. The third-order valence-corrected chi connectivity index (χ3v) is 4.61. The first-order valence-electron chi connectivity index (χ1n) is 7.87. The summed E-state index contributed by atoms with van der Waals surface area (Å²) < 4.78 is 0. The summed E-state index contributed by atoms with van der Waals surface area (Å²) in [6.45, 7) is 4.21. The third kappa shape index (κ3) is 4.52. The lowest BCUT2D eigenvalue weighted by Gasteiger charge is -2.34. The highest BCUT2D eigenvalue weighted by Gasteiger charge is 2.29. The van der Waals surface area contributed by atoms with Gasteiger partial charge in [-0.15, -0.1) is 0 Å². The number of hydrogen-bond donors (Lipinski definition) is 3. The van der Waals surface area contributed by atoms with Gasteiger partial charge in [0.2, 0.25) is 0 Å². The Bertz CT molecular complexity index is 233. The zero-order valence-electron chi connectivity index (χ0n) is 11.9. The van der Waals surface area contributed by atoms with Gasteiger partial charge in [0, 0.05) is 18.6 Å². The Kier molecular flexibility index (Phi) is 5.46. The molecule has 0 radical (unpaired) electrons. The van der Waals surface area contributed by atoms with Crippen LogP contribution in [0.15, 0.2) is 0 Å². The maximum Gasteiger partial charge on any atom is 0.0771 e. The zero-order valence-corrected chi connectivity index (χ0v) is 11.9. The molecule has 0 aromatic carbocycles. The largest absolute Gasteiger partial charge is 0.389 e. The molecule has 1 saturated heterocycles. The second-order valence-electron chi connectivity index (χ2n) is 6.45. The van der Waals surface area contributed by atoms with Crippen LogP contribution in [0.2, 0.25) is 0 Å². The van der Waals surface area contributed by atoms with Gasteiger partial charge in [-0.3, -0.25) is 0 Å². The summed E-state index contributed by atoms with van der Waals surface area (Å²) in [5, 5.41) is 17.6. The van der Waals surface area contributed by atoms with Crippen LogP contribution in [-0.4, -0.2) is 35.9 Å². The van der Waals surface area contributed by atoms with Gasteiger partial charge in [-0.25, -0.2) is 0 Å².